The van der Waals surface area contributed by atoms with Gasteiger partial charge in [-0.3, -0.25) is 0 Å². The van der Waals surface area contributed by atoms with Crippen LogP contribution in [0.4, 0.5) is 0 Å². The molecule has 0 bridgehead atoms. The molecule has 1 heterocycles. The van der Waals surface area contributed by atoms with Gasteiger partial charge in [-0.2, -0.15) is 0 Å². The third kappa shape index (κ3) is 6.01. The zero-order chi connectivity index (χ0) is 14.7. The molecule has 0 spiro atoms. The molecule has 1 aromatic rings. The number of rotatable bonds is 3. The molecule has 0 radical (unpaired) electrons. The molecule has 0 aliphatic carbocycles. The van der Waals surface area contributed by atoms with Gasteiger partial charge in [-0.05, 0) is 0 Å². The Morgan fingerprint density at radius 1 is 1.36 bits per heavy atom. The second-order valence-electron chi connectivity index (χ2n) is 4.35. The molecular weight excluding hydrogens is 753 g/mol. The van der Waals surface area contributed by atoms with Crippen LogP contribution in [0, 0.1) is 44.5 Å². The average Bonchev–Trinajstić information content (AvgIpc) is 2.62. The molecule has 2 rings (SSSR count). The van der Waals surface area contributed by atoms with Gasteiger partial charge in [0.1, 0.15) is 0 Å². The Morgan fingerprint density at radius 2 is 1.95 bits per heavy atom. The molecule has 22 heavy (non-hydrogen) atoms. The van der Waals surface area contributed by atoms with Crippen LogP contribution in [0.5, 0.6) is 0 Å². The first-order chi connectivity index (χ1) is 9.49. The number of allylic oxidation sites excluding steroid dienone is 1. The molecule has 7 heteroatoms. The first-order valence-electron chi connectivity index (χ1n) is 5.85. The smallest absolute Gasteiger partial charge is 0.358 e. The molecule has 0 saturated heterocycles. The maximum atomic E-state index is 11.3. The Hall–Kier alpha value is 0.772. The summed E-state index contributed by atoms with van der Waals surface area (Å²) in [5.41, 5.74) is 1.31. The van der Waals surface area contributed by atoms with Crippen molar-refractivity contribution in [3.8, 4) is 0 Å². The Morgan fingerprint density at radius 3 is 2.45 bits per heavy atom. The molecule has 1 aromatic carbocycles. The van der Waals surface area contributed by atoms with Gasteiger partial charge in [-0.15, -0.1) is 0 Å². The second kappa shape index (κ2) is 10.6. The molecule has 1 aliphatic heterocycles. The van der Waals surface area contributed by atoms with Crippen LogP contribution < -0.4 is 17.2 Å². The van der Waals surface area contributed by atoms with E-state index >= 15 is 0 Å². The number of carboxylic acids is 1. The van der Waals surface area contributed by atoms with Crippen molar-refractivity contribution in [2.75, 3.05) is 0 Å². The number of aliphatic carboxylic acids is 1. The summed E-state index contributed by atoms with van der Waals surface area (Å²) in [7, 11) is 0. The van der Waals surface area contributed by atoms with E-state index in [-0.39, 0.29) is 84.0 Å². The summed E-state index contributed by atoms with van der Waals surface area (Å²) in [6, 6.07) is 7.54. The largest absolute Gasteiger partial charge is 2.00 e. The Bertz CT molecular complexity index is 625. The van der Waals surface area contributed by atoms with Crippen molar-refractivity contribution in [2.24, 2.45) is 10.9 Å². The van der Waals surface area contributed by atoms with Gasteiger partial charge in [0.05, 0.1) is 0 Å². The quantitative estimate of drug-likeness (QED) is 0.372. The summed E-state index contributed by atoms with van der Waals surface area (Å²) in [5, 5.41) is 9.99. The van der Waals surface area contributed by atoms with Gasteiger partial charge in [0.2, 0.25) is 0 Å². The Labute approximate surface area is 176 Å². The van der Waals surface area contributed by atoms with Gasteiger partial charge in [0, 0.05) is 0 Å². The van der Waals surface area contributed by atoms with E-state index in [1.165, 1.54) is 0 Å². The van der Waals surface area contributed by atoms with Gasteiger partial charge in [-0.25, -0.2) is 0 Å². The van der Waals surface area contributed by atoms with E-state index in [2.05, 4.69) is 11.2 Å². The van der Waals surface area contributed by atoms with E-state index in [9.17, 15) is 9.90 Å². The third-order valence-corrected chi connectivity index (χ3v) is 13.3. The Balaban J connectivity index is 0.00000220. The maximum Gasteiger partial charge on any atom is 2.00 e. The zero-order valence-electron chi connectivity index (χ0n) is 12.3. The van der Waals surface area contributed by atoms with E-state index in [1.807, 2.05) is 38.1 Å². The van der Waals surface area contributed by atoms with Crippen LogP contribution in [0.2, 0.25) is 5.02 Å². The molecule has 1 N–H and O–H groups in total. The number of hydrogen-bond donors (Lipinski definition) is 1. The fourth-order valence-electron chi connectivity index (χ4n) is 1.50. The molecule has 3 nitrogen and oxygen atoms in total. The first-order valence-corrected chi connectivity index (χ1v) is 14.7. The number of halogens is 3. The van der Waals surface area contributed by atoms with Crippen molar-refractivity contribution >= 4 is 44.2 Å². The van der Waals surface area contributed by atoms with Crippen LogP contribution in [0.15, 0.2) is 38.4 Å². The first kappa shape index (κ1) is 22.8. The second-order valence-corrected chi connectivity index (χ2v) is 13.3. The summed E-state index contributed by atoms with van der Waals surface area (Å²) in [6.07, 6.45) is 2.77. The number of hydrogen-bond acceptors (Lipinski definition) is 2. The van der Waals surface area contributed by atoms with Gasteiger partial charge in [0.15, 0.2) is 0 Å². The minimum Gasteiger partial charge on any atom is -0.358 e. The number of carboxylic acid groups (broad SMARTS) is 1. The summed E-state index contributed by atoms with van der Waals surface area (Å²) in [6.45, 7) is 4.08. The molecule has 0 aromatic heterocycles. The normalized spacial score (nSPS) is 14.6. The zero-order valence-corrected chi connectivity index (χ0v) is 21.6. The maximum absolute atomic E-state index is 11.3. The van der Waals surface area contributed by atoms with Crippen LogP contribution in [-0.4, -0.2) is 20.9 Å². The molecule has 118 valence electrons. The van der Waals surface area contributed by atoms with E-state index in [0.717, 1.165) is 12.8 Å². The summed E-state index contributed by atoms with van der Waals surface area (Å²) >= 11 is 5.34. The molecule has 0 amide bonds. The monoisotopic (exact) mass is 768 g/mol. The molecular formula is C15H15ClI2NO2U-. The van der Waals surface area contributed by atoms with Crippen LogP contribution in [-0.2, 0) is 4.79 Å². The van der Waals surface area contributed by atoms with Gasteiger partial charge in [0.25, 0.3) is 0 Å². The van der Waals surface area contributed by atoms with Crippen molar-refractivity contribution in [1.82, 2.24) is 0 Å². The Kier molecular flexibility index (Phi) is 11.0. The average molecular weight is 769 g/mol. The van der Waals surface area contributed by atoms with Crippen LogP contribution in [0.25, 0.3) is 0 Å². The van der Waals surface area contributed by atoms with E-state index in [0.29, 0.717) is 5.02 Å². The summed E-state index contributed by atoms with van der Waals surface area (Å²) < 4.78 is 2.06. The number of benzene rings is 1. The molecule has 0 unspecified atom stereocenters. The number of carbonyl (C=O) groups is 1. The van der Waals surface area contributed by atoms with E-state index in [1.54, 1.807) is 0 Å². The third-order valence-electron chi connectivity index (χ3n) is 2.49. The van der Waals surface area contributed by atoms with Crippen molar-refractivity contribution < 1.29 is 58.2 Å². The van der Waals surface area contributed by atoms with Crippen molar-refractivity contribution in [3.63, 3.8) is 0 Å². The van der Waals surface area contributed by atoms with E-state index in [4.69, 9.17) is 11.6 Å². The van der Waals surface area contributed by atoms with Gasteiger partial charge in [-0.1, -0.05) is 0 Å². The van der Waals surface area contributed by atoms with Crippen LogP contribution in [0.1, 0.15) is 19.4 Å². The fourth-order valence-corrected chi connectivity index (χ4v) is 13.4. The summed E-state index contributed by atoms with van der Waals surface area (Å²) in [4.78, 5) is 15.7. The van der Waals surface area contributed by atoms with Crippen molar-refractivity contribution in [1.29, 1.82) is 0 Å². The molecule has 1 aliphatic rings. The van der Waals surface area contributed by atoms with Crippen molar-refractivity contribution in [2.45, 2.75) is 13.8 Å². The minimum absolute atomic E-state index is 0. The summed E-state index contributed by atoms with van der Waals surface area (Å²) in [5.74, 6) is -0.667. The topological polar surface area (TPSA) is 49.7 Å². The predicted molar refractivity (Wildman–Crippen MR) is 92.9 cm³/mol. The van der Waals surface area contributed by atoms with Gasteiger partial charge >= 0.3 is 171 Å². The number of nitrogens with zero attached hydrogens (tertiary/aromatic N) is 1. The van der Waals surface area contributed by atoms with Crippen LogP contribution >= 0.6 is 28.4 Å². The molecule has 0 saturated carbocycles. The minimum atomic E-state index is -0.918. The van der Waals surface area contributed by atoms with Crippen LogP contribution in [0.3, 0.4) is 0 Å². The molecule has 0 fully saturated rings. The SMILES string of the molecule is CC(C)C1=C(C(=O)O)[C-]=NC(c2ccc(Cl)cc2)=I[I-]1.[CH3-].[U+2]. The van der Waals surface area contributed by atoms with Gasteiger partial charge < -0.3 is 7.43 Å². The predicted octanol–water partition coefficient (Wildman–Crippen LogP) is 1.20. The standard InChI is InChI=1S/C14H12ClI2NO2.CH3.U/c1-8(2)12-11(14(19)20)7-18-13(17-16-12)9-3-5-10(15)6-4-9;;/h3-6,8H,1-2H3,(H,19,20);1H3;/q-2;-1;+2. The van der Waals surface area contributed by atoms with Crippen molar-refractivity contribution in [3.05, 3.63) is 51.4 Å². The number of aliphatic imine (C=N–C) groups is 1. The van der Waals surface area contributed by atoms with E-state index < -0.39 is 5.97 Å². The molecule has 0 atom stereocenters. The fraction of sp³-hybridized carbons (Fsp3) is 0.200.